The molecular weight excluding hydrogens is 328 g/mol. The maximum atomic E-state index is 6.23. The van der Waals surface area contributed by atoms with E-state index in [0.29, 0.717) is 17.6 Å². The zero-order valence-corrected chi connectivity index (χ0v) is 14.6. The average Bonchev–Trinajstić information content (AvgIpc) is 2.38. The van der Waals surface area contributed by atoms with Crippen LogP contribution >= 0.6 is 27.5 Å². The highest BCUT2D eigenvalue weighted by molar-refractivity contribution is 9.10. The van der Waals surface area contributed by atoms with Crippen LogP contribution in [-0.4, -0.2) is 16.6 Å². The summed E-state index contributed by atoms with van der Waals surface area (Å²) in [6.45, 7) is 11.0. The molecule has 1 rings (SSSR count). The first-order valence-electron chi connectivity index (χ1n) is 6.79. The Hall–Kier alpha value is -0.190. The summed E-state index contributed by atoms with van der Waals surface area (Å²) < 4.78 is 6.73. The van der Waals surface area contributed by atoms with Gasteiger partial charge in [0.15, 0.2) is 5.82 Å². The highest BCUT2D eigenvalue weighted by Crippen LogP contribution is 2.35. The summed E-state index contributed by atoms with van der Waals surface area (Å²) in [4.78, 5) is 9.13. The molecular formula is C14H22BrClN2O. The fourth-order valence-electron chi connectivity index (χ4n) is 2.13. The van der Waals surface area contributed by atoms with Crippen LogP contribution in [0.5, 0.6) is 0 Å². The van der Waals surface area contributed by atoms with E-state index in [2.05, 4.69) is 48.6 Å². The topological polar surface area (TPSA) is 35.0 Å². The molecule has 0 aliphatic rings. The van der Waals surface area contributed by atoms with E-state index in [1.807, 2.05) is 6.92 Å². The highest BCUT2D eigenvalue weighted by atomic mass is 79.9. The van der Waals surface area contributed by atoms with Gasteiger partial charge in [0, 0.05) is 6.61 Å². The zero-order chi connectivity index (χ0) is 14.6. The molecule has 5 heteroatoms. The van der Waals surface area contributed by atoms with E-state index in [1.54, 1.807) is 0 Å². The van der Waals surface area contributed by atoms with Crippen LogP contribution < -0.4 is 0 Å². The molecule has 0 saturated carbocycles. The molecule has 0 aliphatic heterocycles. The fourth-order valence-corrected chi connectivity index (χ4v) is 2.95. The van der Waals surface area contributed by atoms with Gasteiger partial charge in [0.2, 0.25) is 0 Å². The molecule has 0 fully saturated rings. The van der Waals surface area contributed by atoms with Gasteiger partial charge in [0.1, 0.15) is 10.8 Å². The van der Waals surface area contributed by atoms with Gasteiger partial charge in [0.25, 0.3) is 0 Å². The van der Waals surface area contributed by atoms with Crippen molar-refractivity contribution in [2.75, 3.05) is 6.61 Å². The number of aromatic nitrogens is 2. The van der Waals surface area contributed by atoms with Crippen molar-refractivity contribution in [3.8, 4) is 0 Å². The van der Waals surface area contributed by atoms with Crippen molar-refractivity contribution in [3.63, 3.8) is 0 Å². The fraction of sp³-hybridized carbons (Fsp3) is 0.714. The minimum Gasteiger partial charge on any atom is -0.367 e. The Kier molecular flexibility index (Phi) is 6.21. The van der Waals surface area contributed by atoms with E-state index in [1.165, 1.54) is 0 Å². The van der Waals surface area contributed by atoms with Crippen molar-refractivity contribution >= 4 is 27.5 Å². The molecule has 108 valence electrons. The molecule has 0 radical (unpaired) electrons. The Balaban J connectivity index is 3.40. The van der Waals surface area contributed by atoms with Crippen molar-refractivity contribution in [2.45, 2.75) is 59.0 Å². The monoisotopic (exact) mass is 348 g/mol. The molecule has 0 bridgehead atoms. The maximum Gasteiger partial charge on any atom is 0.162 e. The lowest BCUT2D eigenvalue weighted by Crippen LogP contribution is -2.31. The minimum absolute atomic E-state index is 0.279. The predicted molar refractivity (Wildman–Crippen MR) is 82.7 cm³/mol. The average molecular weight is 350 g/mol. The number of hydrogen-bond donors (Lipinski definition) is 0. The van der Waals surface area contributed by atoms with Crippen molar-refractivity contribution in [2.24, 2.45) is 0 Å². The molecule has 1 heterocycles. The summed E-state index contributed by atoms with van der Waals surface area (Å²) in [5.74, 6) is 0.970. The number of hydrogen-bond acceptors (Lipinski definition) is 3. The smallest absolute Gasteiger partial charge is 0.162 e. The highest BCUT2D eigenvalue weighted by Gasteiger charge is 2.33. The summed E-state index contributed by atoms with van der Waals surface area (Å²) in [6.07, 6.45) is 1.65. The first-order chi connectivity index (χ1) is 8.91. The van der Waals surface area contributed by atoms with Crippen LogP contribution in [0, 0.1) is 0 Å². The Morgan fingerprint density at radius 2 is 1.79 bits per heavy atom. The largest absolute Gasteiger partial charge is 0.367 e. The number of nitrogens with zero attached hydrogens (tertiary/aromatic N) is 2. The van der Waals surface area contributed by atoms with Gasteiger partial charge in [0.05, 0.1) is 10.2 Å². The standard InChI is InChI=1S/C14H22BrClN2O/c1-6-14(7-2,19-8-3)13-17-11(9(4)5)10(15)12(16)18-13/h9H,6-8H2,1-5H3. The van der Waals surface area contributed by atoms with Gasteiger partial charge < -0.3 is 4.74 Å². The summed E-state index contributed by atoms with van der Waals surface area (Å²) in [5, 5.41) is 0.458. The first kappa shape index (κ1) is 16.9. The van der Waals surface area contributed by atoms with Crippen LogP contribution in [0.3, 0.4) is 0 Å². The van der Waals surface area contributed by atoms with Crippen molar-refractivity contribution in [1.82, 2.24) is 9.97 Å². The van der Waals surface area contributed by atoms with Gasteiger partial charge in [-0.25, -0.2) is 9.97 Å². The second kappa shape index (κ2) is 7.00. The molecule has 0 atom stereocenters. The van der Waals surface area contributed by atoms with E-state index in [-0.39, 0.29) is 5.92 Å². The quantitative estimate of drug-likeness (QED) is 0.673. The lowest BCUT2D eigenvalue weighted by molar-refractivity contribution is -0.0573. The first-order valence-corrected chi connectivity index (χ1v) is 7.96. The molecule has 0 N–H and O–H groups in total. The van der Waals surface area contributed by atoms with Gasteiger partial charge in [-0.3, -0.25) is 0 Å². The van der Waals surface area contributed by atoms with Crippen molar-refractivity contribution in [1.29, 1.82) is 0 Å². The second-order valence-corrected chi connectivity index (χ2v) is 5.98. The lowest BCUT2D eigenvalue weighted by Gasteiger charge is -2.30. The SMILES string of the molecule is CCOC(CC)(CC)c1nc(Cl)c(Br)c(C(C)C)n1. The Bertz CT molecular complexity index is 434. The van der Waals surface area contributed by atoms with Crippen molar-refractivity contribution in [3.05, 3.63) is 21.1 Å². The van der Waals surface area contributed by atoms with Gasteiger partial charge in [-0.15, -0.1) is 0 Å². The van der Waals surface area contributed by atoms with Crippen LogP contribution in [0.25, 0.3) is 0 Å². The summed E-state index contributed by atoms with van der Waals surface area (Å²) in [5.41, 5.74) is 0.490. The van der Waals surface area contributed by atoms with E-state index in [4.69, 9.17) is 21.3 Å². The summed E-state index contributed by atoms with van der Waals surface area (Å²) >= 11 is 9.70. The molecule has 0 saturated heterocycles. The summed E-state index contributed by atoms with van der Waals surface area (Å²) in [7, 11) is 0. The molecule has 1 aromatic heterocycles. The minimum atomic E-state index is -0.442. The molecule has 0 amide bonds. The van der Waals surface area contributed by atoms with E-state index in [0.717, 1.165) is 23.0 Å². The second-order valence-electron chi connectivity index (χ2n) is 4.83. The Morgan fingerprint density at radius 3 is 2.21 bits per heavy atom. The number of rotatable bonds is 6. The maximum absolute atomic E-state index is 6.23. The molecule has 1 aromatic rings. The van der Waals surface area contributed by atoms with Gasteiger partial charge >= 0.3 is 0 Å². The van der Waals surface area contributed by atoms with Crippen molar-refractivity contribution < 1.29 is 4.74 Å². The molecule has 19 heavy (non-hydrogen) atoms. The van der Waals surface area contributed by atoms with Crippen LogP contribution in [0.4, 0.5) is 0 Å². The van der Waals surface area contributed by atoms with Crippen LogP contribution in [0.15, 0.2) is 4.47 Å². The van der Waals surface area contributed by atoms with E-state index >= 15 is 0 Å². The van der Waals surface area contributed by atoms with Gasteiger partial charge in [-0.1, -0.05) is 39.3 Å². The molecule has 0 unspecified atom stereocenters. The molecule has 0 aliphatic carbocycles. The van der Waals surface area contributed by atoms with Gasteiger partial charge in [-0.2, -0.15) is 0 Å². The number of ether oxygens (including phenoxy) is 1. The van der Waals surface area contributed by atoms with E-state index < -0.39 is 5.60 Å². The zero-order valence-electron chi connectivity index (χ0n) is 12.3. The van der Waals surface area contributed by atoms with E-state index in [9.17, 15) is 0 Å². The third-order valence-corrected chi connectivity index (χ3v) is 4.64. The Morgan fingerprint density at radius 1 is 1.21 bits per heavy atom. The third-order valence-electron chi connectivity index (χ3n) is 3.35. The Labute approximate surface area is 129 Å². The summed E-state index contributed by atoms with van der Waals surface area (Å²) in [6, 6.07) is 0. The molecule has 0 aromatic carbocycles. The molecule has 3 nitrogen and oxygen atoms in total. The molecule has 0 spiro atoms. The number of halogens is 2. The lowest BCUT2D eigenvalue weighted by atomic mass is 9.95. The van der Waals surface area contributed by atoms with Crippen LogP contribution in [0.2, 0.25) is 5.15 Å². The normalized spacial score (nSPS) is 12.2. The predicted octanol–water partition coefficient (Wildman–Crippen LogP) is 5.07. The third kappa shape index (κ3) is 3.47. The van der Waals surface area contributed by atoms with Crippen LogP contribution in [-0.2, 0) is 10.3 Å². The van der Waals surface area contributed by atoms with Crippen LogP contribution in [0.1, 0.15) is 64.9 Å². The van der Waals surface area contributed by atoms with Gasteiger partial charge in [-0.05, 0) is 41.6 Å².